The van der Waals surface area contributed by atoms with Crippen molar-refractivity contribution in [3.8, 4) is 11.5 Å². The second-order valence-electron chi connectivity index (χ2n) is 5.80. The van der Waals surface area contributed by atoms with Crippen LogP contribution in [-0.2, 0) is 16.0 Å². The molecule has 5 nitrogen and oxygen atoms in total. The molecule has 0 saturated carbocycles. The number of methoxy groups -OCH3 is 3. The molecular formula is C20H25NO4. The van der Waals surface area contributed by atoms with Crippen molar-refractivity contribution >= 4 is 5.91 Å². The van der Waals surface area contributed by atoms with Crippen LogP contribution in [0.25, 0.3) is 0 Å². The van der Waals surface area contributed by atoms with Gasteiger partial charge in [-0.2, -0.15) is 0 Å². The minimum Gasteiger partial charge on any atom is -0.493 e. The minimum atomic E-state index is -0.191. The molecule has 1 atom stereocenters. The standard InChI is InChI=1S/C20H25NO4/c1-14-7-5-6-8-15(14)11-17(21-20(22)13-23-2)16-9-10-18(24-3)19(12-16)25-4/h5-10,12,17H,11,13H2,1-4H3,(H,21,22). The lowest BCUT2D eigenvalue weighted by molar-refractivity contribution is -0.125. The Morgan fingerprint density at radius 1 is 1.04 bits per heavy atom. The van der Waals surface area contributed by atoms with Crippen LogP contribution in [0.2, 0.25) is 0 Å². The number of ether oxygens (including phenoxy) is 3. The van der Waals surface area contributed by atoms with E-state index in [0.717, 1.165) is 5.56 Å². The molecule has 0 radical (unpaired) electrons. The molecule has 25 heavy (non-hydrogen) atoms. The zero-order valence-corrected chi connectivity index (χ0v) is 15.2. The molecule has 5 heteroatoms. The quantitative estimate of drug-likeness (QED) is 0.800. The van der Waals surface area contributed by atoms with Crippen molar-refractivity contribution in [2.24, 2.45) is 0 Å². The second kappa shape index (κ2) is 9.08. The highest BCUT2D eigenvalue weighted by Crippen LogP contribution is 2.31. The van der Waals surface area contributed by atoms with E-state index in [0.29, 0.717) is 17.9 Å². The number of nitrogens with one attached hydrogen (secondary N) is 1. The third-order valence-electron chi connectivity index (χ3n) is 4.11. The van der Waals surface area contributed by atoms with Crippen molar-refractivity contribution < 1.29 is 19.0 Å². The van der Waals surface area contributed by atoms with Crippen molar-refractivity contribution in [1.29, 1.82) is 0 Å². The van der Waals surface area contributed by atoms with Crippen LogP contribution in [0.15, 0.2) is 42.5 Å². The Balaban J connectivity index is 2.33. The fourth-order valence-electron chi connectivity index (χ4n) is 2.75. The van der Waals surface area contributed by atoms with Gasteiger partial charge in [0.1, 0.15) is 6.61 Å². The summed E-state index contributed by atoms with van der Waals surface area (Å²) < 4.78 is 15.6. The molecule has 1 amide bonds. The first-order valence-electron chi connectivity index (χ1n) is 8.13. The zero-order valence-electron chi connectivity index (χ0n) is 15.2. The maximum atomic E-state index is 12.1. The second-order valence-corrected chi connectivity index (χ2v) is 5.80. The summed E-state index contributed by atoms with van der Waals surface area (Å²) in [6.45, 7) is 2.09. The molecule has 0 aliphatic heterocycles. The van der Waals surface area contributed by atoms with Crippen molar-refractivity contribution in [1.82, 2.24) is 5.32 Å². The SMILES string of the molecule is COCC(=O)NC(Cc1ccccc1C)c1ccc(OC)c(OC)c1. The maximum Gasteiger partial charge on any atom is 0.246 e. The Hall–Kier alpha value is -2.53. The number of carbonyl (C=O) groups excluding carboxylic acids is 1. The summed E-state index contributed by atoms with van der Waals surface area (Å²) in [5, 5.41) is 3.04. The van der Waals surface area contributed by atoms with Gasteiger partial charge in [-0.3, -0.25) is 4.79 Å². The number of benzene rings is 2. The summed E-state index contributed by atoms with van der Waals surface area (Å²) in [6.07, 6.45) is 0.678. The molecule has 2 rings (SSSR count). The highest BCUT2D eigenvalue weighted by atomic mass is 16.5. The molecule has 2 aromatic carbocycles. The van der Waals surface area contributed by atoms with Gasteiger partial charge in [0, 0.05) is 7.11 Å². The Morgan fingerprint density at radius 3 is 2.40 bits per heavy atom. The Bertz CT molecular complexity index is 715. The molecule has 0 spiro atoms. The van der Waals surface area contributed by atoms with E-state index in [1.54, 1.807) is 14.2 Å². The van der Waals surface area contributed by atoms with E-state index < -0.39 is 0 Å². The molecule has 134 valence electrons. The molecule has 0 fully saturated rings. The number of hydrogen-bond acceptors (Lipinski definition) is 4. The van der Waals surface area contributed by atoms with E-state index in [9.17, 15) is 4.79 Å². The molecule has 0 saturated heterocycles. The smallest absolute Gasteiger partial charge is 0.246 e. The number of hydrogen-bond donors (Lipinski definition) is 1. The number of amides is 1. The van der Waals surface area contributed by atoms with Crippen molar-refractivity contribution in [2.75, 3.05) is 27.9 Å². The van der Waals surface area contributed by atoms with Crippen LogP contribution in [0.5, 0.6) is 11.5 Å². The van der Waals surface area contributed by atoms with Gasteiger partial charge in [-0.15, -0.1) is 0 Å². The summed E-state index contributed by atoms with van der Waals surface area (Å²) in [6, 6.07) is 13.7. The van der Waals surface area contributed by atoms with Crippen LogP contribution < -0.4 is 14.8 Å². The van der Waals surface area contributed by atoms with Gasteiger partial charge in [0.15, 0.2) is 11.5 Å². The first kappa shape index (κ1) is 18.8. The van der Waals surface area contributed by atoms with Crippen LogP contribution in [0.4, 0.5) is 0 Å². The van der Waals surface area contributed by atoms with E-state index in [1.165, 1.54) is 18.2 Å². The molecular weight excluding hydrogens is 318 g/mol. The van der Waals surface area contributed by atoms with Gasteiger partial charge in [0.25, 0.3) is 0 Å². The van der Waals surface area contributed by atoms with Crippen LogP contribution >= 0.6 is 0 Å². The highest BCUT2D eigenvalue weighted by molar-refractivity contribution is 5.77. The van der Waals surface area contributed by atoms with Crippen LogP contribution in [0.3, 0.4) is 0 Å². The van der Waals surface area contributed by atoms with Gasteiger partial charge in [0.2, 0.25) is 5.91 Å². The fourth-order valence-corrected chi connectivity index (χ4v) is 2.75. The third-order valence-corrected chi connectivity index (χ3v) is 4.11. The summed E-state index contributed by atoms with van der Waals surface area (Å²) in [7, 11) is 4.70. The Labute approximate surface area is 148 Å². The lowest BCUT2D eigenvalue weighted by atomic mass is 9.95. The average molecular weight is 343 g/mol. The summed E-state index contributed by atoms with van der Waals surface area (Å²) in [5.74, 6) is 1.13. The largest absolute Gasteiger partial charge is 0.493 e. The molecule has 0 aliphatic rings. The van der Waals surface area contributed by atoms with Crippen molar-refractivity contribution in [3.05, 3.63) is 59.2 Å². The summed E-state index contributed by atoms with van der Waals surface area (Å²) >= 11 is 0. The van der Waals surface area contributed by atoms with Gasteiger partial charge < -0.3 is 19.5 Å². The topological polar surface area (TPSA) is 56.8 Å². The van der Waals surface area contributed by atoms with Crippen LogP contribution in [0, 0.1) is 6.92 Å². The van der Waals surface area contributed by atoms with Crippen LogP contribution in [0.1, 0.15) is 22.7 Å². The molecule has 0 heterocycles. The highest BCUT2D eigenvalue weighted by Gasteiger charge is 2.18. The lowest BCUT2D eigenvalue weighted by Crippen LogP contribution is -2.32. The van der Waals surface area contributed by atoms with E-state index >= 15 is 0 Å². The first-order valence-corrected chi connectivity index (χ1v) is 8.13. The Morgan fingerprint density at radius 2 is 1.76 bits per heavy atom. The zero-order chi connectivity index (χ0) is 18.2. The van der Waals surface area contributed by atoms with Gasteiger partial charge in [0.05, 0.1) is 20.3 Å². The van der Waals surface area contributed by atoms with E-state index in [2.05, 4.69) is 24.4 Å². The molecule has 2 aromatic rings. The fraction of sp³-hybridized carbons (Fsp3) is 0.350. The average Bonchev–Trinajstić information content (AvgIpc) is 2.62. The van der Waals surface area contributed by atoms with Gasteiger partial charge >= 0.3 is 0 Å². The van der Waals surface area contributed by atoms with Crippen molar-refractivity contribution in [3.63, 3.8) is 0 Å². The summed E-state index contributed by atoms with van der Waals surface area (Å²) in [5.41, 5.74) is 3.32. The summed E-state index contributed by atoms with van der Waals surface area (Å²) in [4.78, 5) is 12.1. The third kappa shape index (κ3) is 4.97. The predicted octanol–water partition coefficient (Wildman–Crippen LogP) is 3.06. The molecule has 1 N–H and O–H groups in total. The maximum absolute atomic E-state index is 12.1. The molecule has 0 aromatic heterocycles. The van der Waals surface area contributed by atoms with Gasteiger partial charge in [-0.05, 0) is 42.2 Å². The predicted molar refractivity (Wildman–Crippen MR) is 97.2 cm³/mol. The lowest BCUT2D eigenvalue weighted by Gasteiger charge is -2.21. The monoisotopic (exact) mass is 343 g/mol. The normalized spacial score (nSPS) is 11.7. The van der Waals surface area contributed by atoms with E-state index in [1.807, 2.05) is 30.3 Å². The molecule has 0 bridgehead atoms. The number of carbonyl (C=O) groups is 1. The van der Waals surface area contributed by atoms with E-state index in [-0.39, 0.29) is 18.6 Å². The number of rotatable bonds is 8. The van der Waals surface area contributed by atoms with Crippen LogP contribution in [-0.4, -0.2) is 33.8 Å². The van der Waals surface area contributed by atoms with Gasteiger partial charge in [-0.25, -0.2) is 0 Å². The molecule has 0 aliphatic carbocycles. The first-order chi connectivity index (χ1) is 12.1. The minimum absolute atomic E-state index is 0.0254. The number of aryl methyl sites for hydroxylation is 1. The van der Waals surface area contributed by atoms with Crippen molar-refractivity contribution in [2.45, 2.75) is 19.4 Å². The molecule has 1 unspecified atom stereocenters. The Kier molecular flexibility index (Phi) is 6.83. The van der Waals surface area contributed by atoms with E-state index in [4.69, 9.17) is 14.2 Å². The van der Waals surface area contributed by atoms with Gasteiger partial charge in [-0.1, -0.05) is 30.3 Å².